The van der Waals surface area contributed by atoms with Crippen LogP contribution in [0.5, 0.6) is 5.88 Å². The predicted molar refractivity (Wildman–Crippen MR) is 62.7 cm³/mol. The summed E-state index contributed by atoms with van der Waals surface area (Å²) in [6.45, 7) is 0.669. The molecule has 0 aliphatic rings. The SMILES string of the molecule is Oc1cc(-c2ccc(Cn3ccnc3)nc2)on1. The van der Waals surface area contributed by atoms with Gasteiger partial charge in [0.25, 0.3) is 5.88 Å². The lowest BCUT2D eigenvalue weighted by molar-refractivity contribution is 0.365. The van der Waals surface area contributed by atoms with Crippen LogP contribution in [0.15, 0.2) is 47.6 Å². The van der Waals surface area contributed by atoms with E-state index in [4.69, 9.17) is 9.63 Å². The van der Waals surface area contributed by atoms with Gasteiger partial charge in [0.2, 0.25) is 0 Å². The van der Waals surface area contributed by atoms with Gasteiger partial charge in [-0.05, 0) is 17.3 Å². The molecule has 6 nitrogen and oxygen atoms in total. The highest BCUT2D eigenvalue weighted by molar-refractivity contribution is 5.56. The van der Waals surface area contributed by atoms with E-state index in [1.807, 2.05) is 22.9 Å². The number of hydrogen-bond acceptors (Lipinski definition) is 5. The number of aromatic nitrogens is 4. The largest absolute Gasteiger partial charge is 0.491 e. The van der Waals surface area contributed by atoms with Crippen LogP contribution in [0.25, 0.3) is 11.3 Å². The van der Waals surface area contributed by atoms with Gasteiger partial charge in [0.05, 0.1) is 18.6 Å². The molecular formula is C12H10N4O2. The highest BCUT2D eigenvalue weighted by Gasteiger charge is 2.06. The number of pyridine rings is 1. The van der Waals surface area contributed by atoms with Crippen LogP contribution in [0, 0.1) is 0 Å². The van der Waals surface area contributed by atoms with Gasteiger partial charge < -0.3 is 14.2 Å². The number of imidazole rings is 1. The first-order valence-electron chi connectivity index (χ1n) is 5.38. The molecule has 0 radical (unpaired) electrons. The molecule has 0 fully saturated rings. The molecule has 18 heavy (non-hydrogen) atoms. The first-order chi connectivity index (χ1) is 8.81. The molecule has 0 unspecified atom stereocenters. The third kappa shape index (κ3) is 2.08. The van der Waals surface area contributed by atoms with Crippen molar-refractivity contribution in [3.05, 3.63) is 48.8 Å². The first kappa shape index (κ1) is 10.5. The van der Waals surface area contributed by atoms with E-state index in [-0.39, 0.29) is 5.88 Å². The second-order valence-corrected chi connectivity index (χ2v) is 3.82. The molecule has 3 heterocycles. The molecule has 0 saturated carbocycles. The summed E-state index contributed by atoms with van der Waals surface area (Å²) in [7, 11) is 0. The number of rotatable bonds is 3. The van der Waals surface area contributed by atoms with Gasteiger partial charge in [-0.3, -0.25) is 4.98 Å². The molecule has 0 aromatic carbocycles. The number of hydrogen-bond donors (Lipinski definition) is 1. The minimum absolute atomic E-state index is 0.132. The van der Waals surface area contributed by atoms with Crippen LogP contribution in [0.2, 0.25) is 0 Å². The van der Waals surface area contributed by atoms with Crippen LogP contribution in [-0.4, -0.2) is 24.8 Å². The Morgan fingerprint density at radius 1 is 1.33 bits per heavy atom. The second kappa shape index (κ2) is 4.33. The Hall–Kier alpha value is -2.63. The fourth-order valence-electron chi connectivity index (χ4n) is 1.63. The van der Waals surface area contributed by atoms with E-state index in [2.05, 4.69) is 15.1 Å². The van der Waals surface area contributed by atoms with Gasteiger partial charge in [0, 0.05) is 30.2 Å². The Morgan fingerprint density at radius 3 is 2.89 bits per heavy atom. The normalized spacial score (nSPS) is 10.7. The zero-order valence-electron chi connectivity index (χ0n) is 9.39. The molecule has 3 rings (SSSR count). The molecule has 0 aliphatic carbocycles. The molecule has 6 heteroatoms. The molecule has 3 aromatic rings. The quantitative estimate of drug-likeness (QED) is 0.756. The standard InChI is InChI=1S/C12H10N4O2/c17-12-5-11(18-15-12)9-1-2-10(14-6-9)7-16-4-3-13-8-16/h1-6,8H,7H2,(H,15,17). The molecule has 3 aromatic heterocycles. The average Bonchev–Trinajstić information content (AvgIpc) is 3.02. The van der Waals surface area contributed by atoms with Gasteiger partial charge in [-0.2, -0.15) is 0 Å². The number of aromatic hydroxyl groups is 1. The highest BCUT2D eigenvalue weighted by Crippen LogP contribution is 2.22. The van der Waals surface area contributed by atoms with E-state index in [0.29, 0.717) is 12.3 Å². The van der Waals surface area contributed by atoms with Crippen molar-refractivity contribution in [3.8, 4) is 17.2 Å². The maximum Gasteiger partial charge on any atom is 0.252 e. The molecule has 0 aliphatic heterocycles. The molecule has 0 saturated heterocycles. The van der Waals surface area contributed by atoms with Gasteiger partial charge in [0.15, 0.2) is 5.76 Å². The van der Waals surface area contributed by atoms with E-state index >= 15 is 0 Å². The maximum atomic E-state index is 9.10. The van der Waals surface area contributed by atoms with Crippen molar-refractivity contribution in [1.29, 1.82) is 0 Å². The van der Waals surface area contributed by atoms with Crippen LogP contribution in [0.4, 0.5) is 0 Å². The Kier molecular flexibility index (Phi) is 2.53. The van der Waals surface area contributed by atoms with Crippen molar-refractivity contribution >= 4 is 0 Å². The van der Waals surface area contributed by atoms with Crippen LogP contribution in [-0.2, 0) is 6.54 Å². The van der Waals surface area contributed by atoms with Crippen molar-refractivity contribution < 1.29 is 9.63 Å². The molecule has 90 valence electrons. The lowest BCUT2D eigenvalue weighted by Crippen LogP contribution is -1.98. The topological polar surface area (TPSA) is 77.0 Å². The third-order valence-corrected chi connectivity index (χ3v) is 2.51. The van der Waals surface area contributed by atoms with Crippen LogP contribution in [0.1, 0.15) is 5.69 Å². The van der Waals surface area contributed by atoms with E-state index in [1.165, 1.54) is 6.07 Å². The summed E-state index contributed by atoms with van der Waals surface area (Å²) in [6.07, 6.45) is 7.03. The van der Waals surface area contributed by atoms with Crippen molar-refractivity contribution in [2.24, 2.45) is 0 Å². The van der Waals surface area contributed by atoms with Crippen molar-refractivity contribution in [3.63, 3.8) is 0 Å². The maximum absolute atomic E-state index is 9.10. The lowest BCUT2D eigenvalue weighted by atomic mass is 10.2. The Morgan fingerprint density at radius 2 is 2.28 bits per heavy atom. The Balaban J connectivity index is 1.81. The summed E-state index contributed by atoms with van der Waals surface area (Å²) >= 11 is 0. The summed E-state index contributed by atoms with van der Waals surface area (Å²) < 4.78 is 6.87. The minimum atomic E-state index is -0.132. The van der Waals surface area contributed by atoms with E-state index < -0.39 is 0 Å². The lowest BCUT2D eigenvalue weighted by Gasteiger charge is -2.02. The minimum Gasteiger partial charge on any atom is -0.491 e. The first-order valence-corrected chi connectivity index (χ1v) is 5.38. The Bertz CT molecular complexity index is 628. The fraction of sp³-hybridized carbons (Fsp3) is 0.0833. The highest BCUT2D eigenvalue weighted by atomic mass is 16.5. The van der Waals surface area contributed by atoms with Crippen LogP contribution in [0.3, 0.4) is 0 Å². The van der Waals surface area contributed by atoms with E-state index in [1.54, 1.807) is 18.7 Å². The molecule has 0 amide bonds. The second-order valence-electron chi connectivity index (χ2n) is 3.82. The zero-order valence-corrected chi connectivity index (χ0v) is 9.39. The monoisotopic (exact) mass is 242 g/mol. The third-order valence-electron chi connectivity index (χ3n) is 2.51. The van der Waals surface area contributed by atoms with Gasteiger partial charge in [0.1, 0.15) is 0 Å². The van der Waals surface area contributed by atoms with Crippen LogP contribution >= 0.6 is 0 Å². The smallest absolute Gasteiger partial charge is 0.252 e. The van der Waals surface area contributed by atoms with Gasteiger partial charge in [-0.15, -0.1) is 0 Å². The van der Waals surface area contributed by atoms with E-state index in [9.17, 15) is 0 Å². The van der Waals surface area contributed by atoms with Gasteiger partial charge in [-0.1, -0.05) is 0 Å². The summed E-state index contributed by atoms with van der Waals surface area (Å²) in [6, 6.07) is 5.22. The number of nitrogens with zero attached hydrogens (tertiary/aromatic N) is 4. The molecule has 0 spiro atoms. The molecule has 0 bridgehead atoms. The van der Waals surface area contributed by atoms with E-state index in [0.717, 1.165) is 11.3 Å². The molecular weight excluding hydrogens is 232 g/mol. The van der Waals surface area contributed by atoms with Crippen LogP contribution < -0.4 is 0 Å². The summed E-state index contributed by atoms with van der Waals surface area (Å²) in [4.78, 5) is 8.29. The average molecular weight is 242 g/mol. The summed E-state index contributed by atoms with van der Waals surface area (Å²) in [5.41, 5.74) is 1.69. The summed E-state index contributed by atoms with van der Waals surface area (Å²) in [5.74, 6) is 0.363. The molecule has 0 atom stereocenters. The predicted octanol–water partition coefficient (Wildman–Crippen LogP) is 1.69. The molecule has 1 N–H and O–H groups in total. The van der Waals surface area contributed by atoms with Gasteiger partial charge in [-0.25, -0.2) is 4.98 Å². The summed E-state index contributed by atoms with van der Waals surface area (Å²) in [5, 5.41) is 12.5. The zero-order chi connectivity index (χ0) is 12.4. The fourth-order valence-corrected chi connectivity index (χ4v) is 1.63. The van der Waals surface area contributed by atoms with Gasteiger partial charge >= 0.3 is 0 Å². The Labute approximate surface area is 103 Å². The van der Waals surface area contributed by atoms with Crippen molar-refractivity contribution in [2.75, 3.05) is 0 Å². The van der Waals surface area contributed by atoms with Crippen molar-refractivity contribution in [1.82, 2.24) is 19.7 Å². The van der Waals surface area contributed by atoms with Crippen molar-refractivity contribution in [2.45, 2.75) is 6.54 Å².